The van der Waals surface area contributed by atoms with Crippen LogP contribution in [0.4, 0.5) is 10.2 Å². The molecular weight excluding hydrogens is 259 g/mol. The molecule has 1 aliphatic carbocycles. The van der Waals surface area contributed by atoms with E-state index >= 15 is 0 Å². The van der Waals surface area contributed by atoms with E-state index in [0.29, 0.717) is 17.6 Å². The highest BCUT2D eigenvalue weighted by Crippen LogP contribution is 2.42. The van der Waals surface area contributed by atoms with Crippen LogP contribution in [0.3, 0.4) is 0 Å². The van der Waals surface area contributed by atoms with Gasteiger partial charge in [-0.3, -0.25) is 0 Å². The minimum atomic E-state index is -0.204. The van der Waals surface area contributed by atoms with Gasteiger partial charge in [0.1, 0.15) is 11.6 Å². The maximum Gasteiger partial charge on any atom is 0.200 e. The average Bonchev–Trinajstić information content (AvgIpc) is 3.05. The molecule has 0 amide bonds. The lowest BCUT2D eigenvalue weighted by Gasteiger charge is -2.04. The number of hydrogen-bond donors (Lipinski definition) is 1. The fraction of sp³-hybridized carbons (Fsp3) is 0.231. The van der Waals surface area contributed by atoms with Gasteiger partial charge < -0.3 is 5.32 Å². The Hall–Kier alpha value is -2.57. The van der Waals surface area contributed by atoms with E-state index in [1.807, 2.05) is 24.3 Å². The van der Waals surface area contributed by atoms with Crippen molar-refractivity contribution in [2.45, 2.75) is 18.4 Å². The minimum Gasteiger partial charge on any atom is -0.365 e. The highest BCUT2D eigenvalue weighted by molar-refractivity contribution is 5.45. The second kappa shape index (κ2) is 4.22. The van der Waals surface area contributed by atoms with Crippen LogP contribution in [0.25, 0.3) is 5.65 Å². The van der Waals surface area contributed by atoms with Crippen molar-refractivity contribution in [3.05, 3.63) is 47.8 Å². The molecule has 1 N–H and O–H groups in total. The molecule has 0 radical (unpaired) electrons. The highest BCUT2D eigenvalue weighted by atomic mass is 19.1. The molecule has 100 valence electrons. The van der Waals surface area contributed by atoms with Crippen LogP contribution in [-0.4, -0.2) is 31.3 Å². The van der Waals surface area contributed by atoms with Crippen LogP contribution in [0.2, 0.25) is 0 Å². The van der Waals surface area contributed by atoms with Gasteiger partial charge in [0.05, 0.1) is 0 Å². The summed E-state index contributed by atoms with van der Waals surface area (Å²) in [4.78, 5) is 0. The summed E-state index contributed by atoms with van der Waals surface area (Å²) < 4.78 is 14.3. The molecule has 2 heterocycles. The van der Waals surface area contributed by atoms with E-state index < -0.39 is 0 Å². The Morgan fingerprint density at radius 2 is 2.00 bits per heavy atom. The Bertz CT molecular complexity index is 753. The predicted octanol–water partition coefficient (Wildman–Crippen LogP) is 1.63. The molecule has 1 aromatic carbocycles. The molecule has 1 saturated carbocycles. The van der Waals surface area contributed by atoms with Gasteiger partial charge in [-0.1, -0.05) is 12.1 Å². The van der Waals surface area contributed by atoms with Crippen LogP contribution in [-0.2, 0) is 0 Å². The summed E-state index contributed by atoms with van der Waals surface area (Å²) in [5.41, 5.74) is 1.76. The van der Waals surface area contributed by atoms with Crippen molar-refractivity contribution >= 4 is 11.5 Å². The highest BCUT2D eigenvalue weighted by Gasteiger charge is 2.38. The van der Waals surface area contributed by atoms with Gasteiger partial charge in [-0.25, -0.2) is 4.39 Å². The zero-order chi connectivity index (χ0) is 13.5. The summed E-state index contributed by atoms with van der Waals surface area (Å²) in [7, 11) is 0. The van der Waals surface area contributed by atoms with Gasteiger partial charge >= 0.3 is 0 Å². The molecule has 7 heteroatoms. The number of benzene rings is 1. The van der Waals surface area contributed by atoms with E-state index in [4.69, 9.17) is 0 Å². The molecule has 1 fully saturated rings. The summed E-state index contributed by atoms with van der Waals surface area (Å²) in [5, 5.41) is 18.7. The number of halogens is 1. The van der Waals surface area contributed by atoms with Crippen LogP contribution in [0, 0.1) is 5.82 Å². The lowest BCUT2D eigenvalue weighted by molar-refractivity contribution is 0.627. The van der Waals surface area contributed by atoms with Gasteiger partial charge in [0.2, 0.25) is 0 Å². The summed E-state index contributed by atoms with van der Waals surface area (Å²) >= 11 is 0. The number of rotatable bonds is 3. The molecule has 0 saturated heterocycles. The number of hydrogen-bond acceptors (Lipinski definition) is 5. The first-order valence-corrected chi connectivity index (χ1v) is 6.37. The van der Waals surface area contributed by atoms with Gasteiger partial charge in [0, 0.05) is 12.0 Å². The van der Waals surface area contributed by atoms with Crippen molar-refractivity contribution in [1.82, 2.24) is 25.3 Å². The topological polar surface area (TPSA) is 68.0 Å². The number of nitrogens with zero attached hydrogens (tertiary/aromatic N) is 5. The largest absolute Gasteiger partial charge is 0.365 e. The Morgan fingerprint density at radius 3 is 2.85 bits per heavy atom. The monoisotopic (exact) mass is 270 g/mol. The van der Waals surface area contributed by atoms with Crippen LogP contribution in [0.5, 0.6) is 0 Å². The Morgan fingerprint density at radius 1 is 1.15 bits per heavy atom. The standard InChI is InChI=1S/C13H11FN6/c14-9-3-1-8(2-4-9)10-7-11(10)15-12-5-6-13-16-18-19-20(13)17-12/h1-6,10-11H,7H2,(H,15,17)/t10-,11+/m0/s1. The number of tetrazole rings is 1. The molecule has 2 atom stereocenters. The SMILES string of the molecule is Fc1ccc([C@@H]2C[C@H]2Nc2ccc3nnnn3n2)cc1. The minimum absolute atomic E-state index is 0.204. The molecule has 20 heavy (non-hydrogen) atoms. The summed E-state index contributed by atoms with van der Waals surface area (Å²) in [6.07, 6.45) is 1.01. The molecule has 6 nitrogen and oxygen atoms in total. The summed E-state index contributed by atoms with van der Waals surface area (Å²) in [6.45, 7) is 0. The van der Waals surface area contributed by atoms with Gasteiger partial charge in [-0.05, 0) is 46.7 Å². The predicted molar refractivity (Wildman–Crippen MR) is 69.7 cm³/mol. The lowest BCUT2D eigenvalue weighted by Crippen LogP contribution is -2.08. The van der Waals surface area contributed by atoms with Crippen LogP contribution < -0.4 is 5.32 Å². The molecule has 1 aliphatic rings. The Labute approximate surface area is 113 Å². The molecule has 4 rings (SSSR count). The normalized spacial score (nSPS) is 21.1. The average molecular weight is 270 g/mol. The van der Waals surface area contributed by atoms with Gasteiger partial charge in [0.15, 0.2) is 5.65 Å². The first-order chi connectivity index (χ1) is 9.79. The molecule has 3 aromatic rings. The maximum absolute atomic E-state index is 12.9. The number of anilines is 1. The van der Waals surface area contributed by atoms with Gasteiger partial charge in [0.25, 0.3) is 0 Å². The summed E-state index contributed by atoms with van der Waals surface area (Å²) in [5.74, 6) is 0.936. The van der Waals surface area contributed by atoms with Gasteiger partial charge in [-0.2, -0.15) is 0 Å². The van der Waals surface area contributed by atoms with Crippen LogP contribution in [0.15, 0.2) is 36.4 Å². The summed E-state index contributed by atoms with van der Waals surface area (Å²) in [6, 6.07) is 10.6. The third-order valence-electron chi connectivity index (χ3n) is 3.49. The van der Waals surface area contributed by atoms with E-state index in [2.05, 4.69) is 25.9 Å². The third-order valence-corrected chi connectivity index (χ3v) is 3.49. The zero-order valence-electron chi connectivity index (χ0n) is 10.4. The Balaban J connectivity index is 1.49. The van der Waals surface area contributed by atoms with Crippen LogP contribution in [0.1, 0.15) is 17.9 Å². The third kappa shape index (κ3) is 1.97. The van der Waals surface area contributed by atoms with E-state index in [1.54, 1.807) is 0 Å². The second-order valence-corrected chi connectivity index (χ2v) is 4.89. The quantitative estimate of drug-likeness (QED) is 0.783. The van der Waals surface area contributed by atoms with E-state index in [1.165, 1.54) is 16.8 Å². The smallest absolute Gasteiger partial charge is 0.200 e. The van der Waals surface area contributed by atoms with Crippen molar-refractivity contribution < 1.29 is 4.39 Å². The first kappa shape index (κ1) is 11.3. The number of nitrogens with one attached hydrogen (secondary N) is 1. The Kier molecular flexibility index (Phi) is 2.38. The molecule has 0 aliphatic heterocycles. The molecule has 2 aromatic heterocycles. The lowest BCUT2D eigenvalue weighted by atomic mass is 10.1. The fourth-order valence-electron chi connectivity index (χ4n) is 2.35. The molecular formula is C13H11FN6. The first-order valence-electron chi connectivity index (χ1n) is 6.37. The number of fused-ring (bicyclic) bond motifs is 1. The van der Waals surface area contributed by atoms with Crippen molar-refractivity contribution in [2.24, 2.45) is 0 Å². The van der Waals surface area contributed by atoms with E-state index in [-0.39, 0.29) is 5.82 Å². The molecule has 0 spiro atoms. The fourth-order valence-corrected chi connectivity index (χ4v) is 2.35. The van der Waals surface area contributed by atoms with Crippen molar-refractivity contribution in [2.75, 3.05) is 5.32 Å². The molecule has 0 bridgehead atoms. The van der Waals surface area contributed by atoms with Crippen LogP contribution >= 0.6 is 0 Å². The van der Waals surface area contributed by atoms with E-state index in [9.17, 15) is 4.39 Å². The number of aromatic nitrogens is 5. The zero-order valence-corrected chi connectivity index (χ0v) is 10.4. The van der Waals surface area contributed by atoms with Gasteiger partial charge in [-0.15, -0.1) is 14.8 Å². The maximum atomic E-state index is 12.9. The van der Waals surface area contributed by atoms with Crippen molar-refractivity contribution in [3.63, 3.8) is 0 Å². The van der Waals surface area contributed by atoms with Crippen molar-refractivity contribution in [1.29, 1.82) is 0 Å². The van der Waals surface area contributed by atoms with Crippen molar-refractivity contribution in [3.8, 4) is 0 Å². The van der Waals surface area contributed by atoms with E-state index in [0.717, 1.165) is 17.8 Å². The second-order valence-electron chi connectivity index (χ2n) is 4.89. The molecule has 0 unspecified atom stereocenters.